The summed E-state index contributed by atoms with van der Waals surface area (Å²) in [4.78, 5) is 32.2. The Morgan fingerprint density at radius 2 is 1.31 bits per heavy atom. The predicted molar refractivity (Wildman–Crippen MR) is 35.3 cm³/mol. The summed E-state index contributed by atoms with van der Waals surface area (Å²) in [5.74, 6) is 0. The molecule has 0 saturated carbocycles. The zero-order valence-corrected chi connectivity index (χ0v) is 10.3. The van der Waals surface area contributed by atoms with E-state index in [-0.39, 0.29) is 31.0 Å². The van der Waals surface area contributed by atoms with E-state index in [4.69, 9.17) is 19.6 Å². The third-order valence-electron chi connectivity index (χ3n) is 0.482. The second kappa shape index (κ2) is 5.92. The standard InChI is InChI=1S/CH7NO8P2.Na.H/c2-1(9-11(3,4)5)10-12(6,7)8;;/h1H,2H2,(H2,3,4,5)(H2,6,7,8);;/q;+1;-1. The quantitative estimate of drug-likeness (QED) is 0.187. The van der Waals surface area contributed by atoms with E-state index in [0.717, 1.165) is 0 Å². The van der Waals surface area contributed by atoms with Gasteiger partial charge in [0.25, 0.3) is 0 Å². The van der Waals surface area contributed by atoms with Crippen LogP contribution in [0.2, 0.25) is 0 Å². The van der Waals surface area contributed by atoms with Crippen molar-refractivity contribution in [2.45, 2.75) is 6.41 Å². The summed E-state index contributed by atoms with van der Waals surface area (Å²) in [6, 6.07) is 0. The van der Waals surface area contributed by atoms with Crippen LogP contribution in [-0.2, 0) is 18.2 Å². The molecule has 6 N–H and O–H groups in total. The van der Waals surface area contributed by atoms with Gasteiger partial charge in [-0.3, -0.25) is 5.73 Å². The van der Waals surface area contributed by atoms with Gasteiger partial charge in [0.05, 0.1) is 0 Å². The van der Waals surface area contributed by atoms with Gasteiger partial charge in [0.1, 0.15) is 0 Å². The van der Waals surface area contributed by atoms with Crippen LogP contribution >= 0.6 is 15.6 Å². The SMILES string of the molecule is NC(OP(=O)(O)O)OP(=O)(O)O.[H-].[Na+]. The van der Waals surface area contributed by atoms with Gasteiger partial charge in [-0.1, -0.05) is 0 Å². The van der Waals surface area contributed by atoms with Crippen molar-refractivity contribution in [2.24, 2.45) is 5.73 Å². The molecule has 0 atom stereocenters. The van der Waals surface area contributed by atoms with Gasteiger partial charge in [-0.2, -0.15) is 0 Å². The molecule has 13 heavy (non-hydrogen) atoms. The summed E-state index contributed by atoms with van der Waals surface area (Å²) in [7, 11) is -9.80. The zero-order valence-electron chi connectivity index (χ0n) is 7.47. The fourth-order valence-electron chi connectivity index (χ4n) is 0.290. The Hall–Kier alpha value is 1.18. The van der Waals surface area contributed by atoms with Gasteiger partial charge in [0.2, 0.25) is 6.41 Å². The molecule has 0 aliphatic rings. The topological polar surface area (TPSA) is 160 Å². The third kappa shape index (κ3) is 13.2. The number of rotatable bonds is 4. The van der Waals surface area contributed by atoms with Crippen molar-refractivity contribution in [3.63, 3.8) is 0 Å². The van der Waals surface area contributed by atoms with Crippen molar-refractivity contribution in [1.82, 2.24) is 0 Å². The van der Waals surface area contributed by atoms with E-state index in [2.05, 4.69) is 14.8 Å². The molecule has 0 heterocycles. The first-order valence-electron chi connectivity index (χ1n) is 2.34. The molecule has 0 rings (SSSR count). The van der Waals surface area contributed by atoms with E-state index in [1.54, 1.807) is 0 Å². The molecule has 0 bridgehead atoms. The van der Waals surface area contributed by atoms with Crippen molar-refractivity contribution >= 4 is 15.6 Å². The Morgan fingerprint density at radius 3 is 1.46 bits per heavy atom. The monoisotopic (exact) mass is 247 g/mol. The Bertz CT molecular complexity index is 211. The van der Waals surface area contributed by atoms with Gasteiger partial charge < -0.3 is 21.0 Å². The molecule has 0 aromatic heterocycles. The Kier molecular flexibility index (Phi) is 7.56. The summed E-state index contributed by atoms with van der Waals surface area (Å²) in [6.07, 6.45) is -2.17. The first kappa shape index (κ1) is 16.6. The van der Waals surface area contributed by atoms with Crippen LogP contribution in [0.3, 0.4) is 0 Å². The second-order valence-corrected chi connectivity index (χ2v) is 3.94. The van der Waals surface area contributed by atoms with Crippen molar-refractivity contribution < 1.29 is 68.7 Å². The molecule has 0 aromatic carbocycles. The van der Waals surface area contributed by atoms with Crippen LogP contribution in [0.5, 0.6) is 0 Å². The van der Waals surface area contributed by atoms with Crippen LogP contribution in [0.15, 0.2) is 0 Å². The van der Waals surface area contributed by atoms with Crippen LogP contribution < -0.4 is 35.3 Å². The first-order valence-corrected chi connectivity index (χ1v) is 5.40. The number of nitrogens with two attached hydrogens (primary N) is 1. The molecule has 0 aromatic rings. The van der Waals surface area contributed by atoms with Crippen LogP contribution in [0, 0.1) is 0 Å². The van der Waals surface area contributed by atoms with Crippen LogP contribution in [0.25, 0.3) is 0 Å². The van der Waals surface area contributed by atoms with E-state index in [1.165, 1.54) is 0 Å². The molecule has 0 aliphatic carbocycles. The van der Waals surface area contributed by atoms with Crippen LogP contribution in [0.4, 0.5) is 0 Å². The van der Waals surface area contributed by atoms with Gasteiger partial charge >= 0.3 is 45.2 Å². The Morgan fingerprint density at radius 1 is 1.08 bits per heavy atom. The molecular weight excluding hydrogens is 239 g/mol. The van der Waals surface area contributed by atoms with Gasteiger partial charge in [-0.25, -0.2) is 18.2 Å². The van der Waals surface area contributed by atoms with Crippen LogP contribution in [0.1, 0.15) is 1.43 Å². The molecule has 0 saturated heterocycles. The summed E-state index contributed by atoms with van der Waals surface area (Å²) in [5.41, 5.74) is 4.62. The minimum Gasteiger partial charge on any atom is -1.00 e. The van der Waals surface area contributed by atoms with Crippen molar-refractivity contribution in [3.8, 4) is 0 Å². The maximum absolute atomic E-state index is 9.99. The summed E-state index contributed by atoms with van der Waals surface area (Å²) >= 11 is 0. The fourth-order valence-corrected chi connectivity index (χ4v) is 0.985. The van der Waals surface area contributed by atoms with Crippen LogP contribution in [-0.4, -0.2) is 26.0 Å². The molecule has 0 unspecified atom stereocenters. The minimum absolute atomic E-state index is 0. The Balaban J connectivity index is -0.000000605. The summed E-state index contributed by atoms with van der Waals surface area (Å²) in [5, 5.41) is 0. The molecule has 76 valence electrons. The van der Waals surface area contributed by atoms with Gasteiger partial charge in [-0.05, 0) is 0 Å². The summed E-state index contributed by atoms with van der Waals surface area (Å²) in [6.45, 7) is 0. The predicted octanol–water partition coefficient (Wildman–Crippen LogP) is -4.44. The number of hydrogen-bond acceptors (Lipinski definition) is 5. The van der Waals surface area contributed by atoms with E-state index in [0.29, 0.717) is 0 Å². The zero-order chi connectivity index (χ0) is 9.99. The third-order valence-corrected chi connectivity index (χ3v) is 1.45. The first-order chi connectivity index (χ1) is 5.10. The summed E-state index contributed by atoms with van der Waals surface area (Å²) < 4.78 is 27.1. The normalized spacial score (nSPS) is 12.8. The van der Waals surface area contributed by atoms with E-state index < -0.39 is 22.1 Å². The number of phosphoric ester groups is 2. The molecule has 0 radical (unpaired) electrons. The van der Waals surface area contributed by atoms with E-state index in [1.807, 2.05) is 0 Å². The largest absolute Gasteiger partial charge is 1.00 e. The molecule has 0 aliphatic heterocycles. The maximum Gasteiger partial charge on any atom is 1.00 e. The molecule has 0 fully saturated rings. The van der Waals surface area contributed by atoms with Crippen molar-refractivity contribution in [2.75, 3.05) is 0 Å². The average molecular weight is 247 g/mol. The van der Waals surface area contributed by atoms with Gasteiger partial charge in [0.15, 0.2) is 0 Å². The average Bonchev–Trinajstić information content (AvgIpc) is 1.49. The molecule has 9 nitrogen and oxygen atoms in total. The van der Waals surface area contributed by atoms with E-state index >= 15 is 0 Å². The smallest absolute Gasteiger partial charge is 1.00 e. The molecule has 0 amide bonds. The molecule has 12 heteroatoms. The maximum atomic E-state index is 9.99. The van der Waals surface area contributed by atoms with E-state index in [9.17, 15) is 9.13 Å². The second-order valence-electron chi connectivity index (χ2n) is 1.56. The minimum atomic E-state index is -4.90. The van der Waals surface area contributed by atoms with Gasteiger partial charge in [0, 0.05) is 0 Å². The number of hydrogen-bond donors (Lipinski definition) is 5. The number of phosphoric acid groups is 2. The van der Waals surface area contributed by atoms with Gasteiger partial charge in [-0.15, -0.1) is 0 Å². The van der Waals surface area contributed by atoms with Crippen molar-refractivity contribution in [1.29, 1.82) is 0 Å². The molecule has 0 spiro atoms. The molecular formula is CH8NNaO8P2. The van der Waals surface area contributed by atoms with Crippen molar-refractivity contribution in [3.05, 3.63) is 0 Å². The Labute approximate surface area is 96.5 Å². The fraction of sp³-hybridized carbons (Fsp3) is 1.00.